The summed E-state index contributed by atoms with van der Waals surface area (Å²) in [6.45, 7) is 0.148. The van der Waals surface area contributed by atoms with Gasteiger partial charge in [-0.25, -0.2) is 0 Å². The molecule has 1 aromatic heterocycles. The predicted octanol–water partition coefficient (Wildman–Crippen LogP) is 2.53. The maximum absolute atomic E-state index is 8.79. The number of aromatic nitrogens is 1. The van der Waals surface area contributed by atoms with Crippen molar-refractivity contribution in [1.82, 2.24) is 4.98 Å². The molecule has 0 saturated heterocycles. The van der Waals surface area contributed by atoms with E-state index in [1.165, 1.54) is 0 Å². The third-order valence-corrected chi connectivity index (χ3v) is 2.57. The van der Waals surface area contributed by atoms with Crippen LogP contribution >= 0.6 is 15.9 Å². The molecular formula is C11H10BrNO. The van der Waals surface area contributed by atoms with Gasteiger partial charge in [0.1, 0.15) is 0 Å². The van der Waals surface area contributed by atoms with Gasteiger partial charge in [0.25, 0.3) is 0 Å². The van der Waals surface area contributed by atoms with Gasteiger partial charge in [-0.3, -0.25) is 4.98 Å². The largest absolute Gasteiger partial charge is 0.396 e. The number of pyridine rings is 1. The molecular weight excluding hydrogens is 242 g/mol. The highest BCUT2D eigenvalue weighted by Gasteiger charge is 1.98. The Balaban J connectivity index is 2.50. The first-order valence-corrected chi connectivity index (χ1v) is 5.25. The maximum atomic E-state index is 8.79. The van der Waals surface area contributed by atoms with Crippen LogP contribution in [0.25, 0.3) is 10.9 Å². The van der Waals surface area contributed by atoms with Crippen LogP contribution in [0.15, 0.2) is 34.8 Å². The first-order chi connectivity index (χ1) is 6.79. The van der Waals surface area contributed by atoms with Crippen LogP contribution in [0.3, 0.4) is 0 Å². The lowest BCUT2D eigenvalue weighted by atomic mass is 10.2. The number of aliphatic hydroxyl groups excluding tert-OH is 1. The maximum Gasteiger partial charge on any atom is 0.0706 e. The summed E-state index contributed by atoms with van der Waals surface area (Å²) < 4.78 is 1.06. The summed E-state index contributed by atoms with van der Waals surface area (Å²) in [6, 6.07) is 9.95. The van der Waals surface area contributed by atoms with E-state index in [1.54, 1.807) is 0 Å². The van der Waals surface area contributed by atoms with Gasteiger partial charge >= 0.3 is 0 Å². The average molecular weight is 252 g/mol. The van der Waals surface area contributed by atoms with Crippen LogP contribution in [-0.2, 0) is 6.42 Å². The summed E-state index contributed by atoms with van der Waals surface area (Å²) >= 11 is 3.41. The molecule has 0 aliphatic carbocycles. The van der Waals surface area contributed by atoms with Gasteiger partial charge in [0, 0.05) is 28.6 Å². The SMILES string of the molecule is OCCc1ccc2cc(Br)ccc2n1. The topological polar surface area (TPSA) is 33.1 Å². The molecule has 0 spiro atoms. The van der Waals surface area contributed by atoms with Crippen molar-refractivity contribution in [2.75, 3.05) is 6.61 Å². The quantitative estimate of drug-likeness (QED) is 0.890. The Morgan fingerprint density at radius 2 is 2.07 bits per heavy atom. The Morgan fingerprint density at radius 3 is 2.86 bits per heavy atom. The van der Waals surface area contributed by atoms with Crippen LogP contribution in [-0.4, -0.2) is 16.7 Å². The second kappa shape index (κ2) is 4.07. The Bertz CT molecular complexity index is 456. The zero-order valence-electron chi connectivity index (χ0n) is 7.57. The van der Waals surface area contributed by atoms with Crippen LogP contribution in [0, 0.1) is 0 Å². The highest BCUT2D eigenvalue weighted by molar-refractivity contribution is 9.10. The van der Waals surface area contributed by atoms with Crippen LogP contribution in [0.1, 0.15) is 5.69 Å². The van der Waals surface area contributed by atoms with Crippen LogP contribution in [0.2, 0.25) is 0 Å². The monoisotopic (exact) mass is 251 g/mol. The van der Waals surface area contributed by atoms with Crippen molar-refractivity contribution in [2.24, 2.45) is 0 Å². The van der Waals surface area contributed by atoms with Crippen LogP contribution < -0.4 is 0 Å². The molecule has 0 fully saturated rings. The second-order valence-electron chi connectivity index (χ2n) is 3.11. The van der Waals surface area contributed by atoms with E-state index in [1.807, 2.05) is 30.3 Å². The molecule has 3 heteroatoms. The van der Waals surface area contributed by atoms with Gasteiger partial charge in [-0.05, 0) is 24.3 Å². The summed E-state index contributed by atoms with van der Waals surface area (Å²) in [6.07, 6.45) is 0.617. The Morgan fingerprint density at radius 1 is 1.21 bits per heavy atom. The van der Waals surface area contributed by atoms with E-state index in [9.17, 15) is 0 Å². The second-order valence-corrected chi connectivity index (χ2v) is 4.03. The van der Waals surface area contributed by atoms with Gasteiger partial charge in [-0.1, -0.05) is 22.0 Å². The van der Waals surface area contributed by atoms with E-state index in [4.69, 9.17) is 5.11 Å². The van der Waals surface area contributed by atoms with Crippen molar-refractivity contribution in [3.05, 3.63) is 40.5 Å². The zero-order valence-corrected chi connectivity index (χ0v) is 9.16. The van der Waals surface area contributed by atoms with Crippen molar-refractivity contribution in [3.8, 4) is 0 Å². The molecule has 0 atom stereocenters. The smallest absolute Gasteiger partial charge is 0.0706 e. The fourth-order valence-corrected chi connectivity index (χ4v) is 1.77. The van der Waals surface area contributed by atoms with Crippen molar-refractivity contribution in [2.45, 2.75) is 6.42 Å². The molecule has 0 bridgehead atoms. The summed E-state index contributed by atoms with van der Waals surface area (Å²) in [4.78, 5) is 4.43. The van der Waals surface area contributed by atoms with Crippen molar-refractivity contribution >= 4 is 26.8 Å². The normalized spacial score (nSPS) is 10.7. The predicted molar refractivity (Wildman–Crippen MR) is 60.2 cm³/mol. The van der Waals surface area contributed by atoms with Gasteiger partial charge < -0.3 is 5.11 Å². The van der Waals surface area contributed by atoms with Gasteiger partial charge in [0.05, 0.1) is 5.52 Å². The third-order valence-electron chi connectivity index (χ3n) is 2.08. The average Bonchev–Trinajstić information content (AvgIpc) is 2.19. The fraction of sp³-hybridized carbons (Fsp3) is 0.182. The third kappa shape index (κ3) is 1.94. The number of aliphatic hydroxyl groups is 1. The highest BCUT2D eigenvalue weighted by atomic mass is 79.9. The minimum Gasteiger partial charge on any atom is -0.396 e. The molecule has 2 rings (SSSR count). The molecule has 0 aliphatic rings. The molecule has 1 heterocycles. The molecule has 72 valence electrons. The standard InChI is InChI=1S/C11H10BrNO/c12-9-2-4-11-8(7-9)1-3-10(13-11)5-6-14/h1-4,7,14H,5-6H2. The van der Waals surface area contributed by atoms with Crippen LogP contribution in [0.4, 0.5) is 0 Å². The van der Waals surface area contributed by atoms with Crippen molar-refractivity contribution in [3.63, 3.8) is 0 Å². The Hall–Kier alpha value is -0.930. The van der Waals surface area contributed by atoms with Crippen molar-refractivity contribution < 1.29 is 5.11 Å². The van der Waals surface area contributed by atoms with Gasteiger partial charge in [-0.15, -0.1) is 0 Å². The molecule has 0 saturated carbocycles. The number of hydrogen-bond donors (Lipinski definition) is 1. The van der Waals surface area contributed by atoms with Crippen molar-refractivity contribution in [1.29, 1.82) is 0 Å². The number of rotatable bonds is 2. The van der Waals surface area contributed by atoms with E-state index >= 15 is 0 Å². The van der Waals surface area contributed by atoms with E-state index < -0.39 is 0 Å². The lowest BCUT2D eigenvalue weighted by Crippen LogP contribution is -1.94. The van der Waals surface area contributed by atoms with Gasteiger partial charge in [0.15, 0.2) is 0 Å². The number of halogens is 1. The molecule has 1 aromatic carbocycles. The summed E-state index contributed by atoms with van der Waals surface area (Å²) in [5.41, 5.74) is 1.90. The first-order valence-electron chi connectivity index (χ1n) is 4.45. The Labute approximate surface area is 90.7 Å². The first kappa shape index (κ1) is 9.62. The lowest BCUT2D eigenvalue weighted by Gasteiger charge is -2.01. The summed E-state index contributed by atoms with van der Waals surface area (Å²) in [7, 11) is 0. The van der Waals surface area contributed by atoms with E-state index in [0.717, 1.165) is 21.1 Å². The summed E-state index contributed by atoms with van der Waals surface area (Å²) in [5.74, 6) is 0. The Kier molecular flexibility index (Phi) is 2.79. The minimum absolute atomic E-state index is 0.148. The number of nitrogens with zero attached hydrogens (tertiary/aromatic N) is 1. The number of hydrogen-bond acceptors (Lipinski definition) is 2. The van der Waals surface area contributed by atoms with Crippen LogP contribution in [0.5, 0.6) is 0 Å². The molecule has 1 N–H and O–H groups in total. The van der Waals surface area contributed by atoms with E-state index in [2.05, 4.69) is 20.9 Å². The molecule has 2 aromatic rings. The lowest BCUT2D eigenvalue weighted by molar-refractivity contribution is 0.298. The fourth-order valence-electron chi connectivity index (χ4n) is 1.39. The molecule has 0 amide bonds. The zero-order chi connectivity index (χ0) is 9.97. The van der Waals surface area contributed by atoms with Gasteiger partial charge in [0.2, 0.25) is 0 Å². The molecule has 0 unspecified atom stereocenters. The molecule has 2 nitrogen and oxygen atoms in total. The molecule has 14 heavy (non-hydrogen) atoms. The van der Waals surface area contributed by atoms with E-state index in [-0.39, 0.29) is 6.61 Å². The molecule has 0 aliphatic heterocycles. The molecule has 0 radical (unpaired) electrons. The number of fused-ring (bicyclic) bond motifs is 1. The van der Waals surface area contributed by atoms with E-state index in [0.29, 0.717) is 6.42 Å². The minimum atomic E-state index is 0.148. The summed E-state index contributed by atoms with van der Waals surface area (Å²) in [5, 5.41) is 9.90. The number of benzene rings is 1. The van der Waals surface area contributed by atoms with Gasteiger partial charge in [-0.2, -0.15) is 0 Å². The highest BCUT2D eigenvalue weighted by Crippen LogP contribution is 2.18.